The molecule has 146 valence electrons. The first-order valence-corrected chi connectivity index (χ1v) is 9.82. The number of nitrogens with one attached hydrogen (secondary N) is 1. The van der Waals surface area contributed by atoms with Crippen molar-refractivity contribution < 1.29 is 13.9 Å². The molecule has 5 nitrogen and oxygen atoms in total. The van der Waals surface area contributed by atoms with E-state index in [4.69, 9.17) is 9.47 Å². The molecule has 27 heavy (non-hydrogen) atoms. The molecule has 4 rings (SSSR count). The van der Waals surface area contributed by atoms with Gasteiger partial charge in [0.15, 0.2) is 0 Å². The second-order valence-corrected chi connectivity index (χ2v) is 7.75. The Morgan fingerprint density at radius 1 is 1.19 bits per heavy atom. The molecular weight excluding hydrogens is 345 g/mol. The highest BCUT2D eigenvalue weighted by Gasteiger charge is 2.38. The highest BCUT2D eigenvalue weighted by atomic mass is 19.1. The summed E-state index contributed by atoms with van der Waals surface area (Å²) in [4.78, 5) is 0. The second kappa shape index (κ2) is 7.70. The largest absolute Gasteiger partial charge is 0.381 e. The third-order valence-electron chi connectivity index (χ3n) is 5.98. The zero-order chi connectivity index (χ0) is 18.9. The predicted molar refractivity (Wildman–Crippen MR) is 102 cm³/mol. The van der Waals surface area contributed by atoms with E-state index in [2.05, 4.69) is 17.3 Å². The maximum atomic E-state index is 13.2. The number of aryl methyl sites for hydroxylation is 1. The number of rotatable bonds is 4. The molecule has 2 saturated heterocycles. The maximum Gasteiger partial charge on any atom is 0.123 e. The van der Waals surface area contributed by atoms with Crippen LogP contribution in [0, 0.1) is 19.7 Å². The van der Waals surface area contributed by atoms with Crippen LogP contribution in [0.3, 0.4) is 0 Å². The Morgan fingerprint density at radius 3 is 2.67 bits per heavy atom. The van der Waals surface area contributed by atoms with Crippen molar-refractivity contribution in [2.24, 2.45) is 0 Å². The fourth-order valence-corrected chi connectivity index (χ4v) is 4.30. The third kappa shape index (κ3) is 3.93. The molecule has 0 saturated carbocycles. The van der Waals surface area contributed by atoms with Crippen LogP contribution in [0.5, 0.6) is 0 Å². The van der Waals surface area contributed by atoms with E-state index in [0.717, 1.165) is 69.1 Å². The Balaban J connectivity index is 1.44. The second-order valence-electron chi connectivity index (χ2n) is 7.75. The molecule has 2 fully saturated rings. The smallest absolute Gasteiger partial charge is 0.123 e. The summed E-state index contributed by atoms with van der Waals surface area (Å²) in [6.45, 7) is 7.31. The summed E-state index contributed by atoms with van der Waals surface area (Å²) >= 11 is 0. The molecule has 3 heterocycles. The van der Waals surface area contributed by atoms with Crippen molar-refractivity contribution >= 4 is 0 Å². The minimum Gasteiger partial charge on any atom is -0.381 e. The summed E-state index contributed by atoms with van der Waals surface area (Å²) in [5.74, 6) is -0.233. The van der Waals surface area contributed by atoms with Gasteiger partial charge in [0.25, 0.3) is 0 Å². The van der Waals surface area contributed by atoms with E-state index in [0.29, 0.717) is 6.04 Å². The summed E-state index contributed by atoms with van der Waals surface area (Å²) in [6.07, 6.45) is 4.06. The average molecular weight is 373 g/mol. The van der Waals surface area contributed by atoms with E-state index >= 15 is 0 Å². The van der Waals surface area contributed by atoms with E-state index in [9.17, 15) is 4.39 Å². The number of halogens is 1. The number of hydrogen-bond donors (Lipinski definition) is 1. The molecule has 1 aromatic carbocycles. The van der Waals surface area contributed by atoms with Crippen molar-refractivity contribution in [3.8, 4) is 5.69 Å². The van der Waals surface area contributed by atoms with Gasteiger partial charge in [-0.25, -0.2) is 9.07 Å². The topological polar surface area (TPSA) is 48.3 Å². The van der Waals surface area contributed by atoms with Crippen LogP contribution < -0.4 is 5.32 Å². The summed E-state index contributed by atoms with van der Waals surface area (Å²) in [7, 11) is 0. The molecule has 1 atom stereocenters. The fourth-order valence-electron chi connectivity index (χ4n) is 4.30. The maximum absolute atomic E-state index is 13.2. The number of aromatic nitrogens is 2. The first kappa shape index (κ1) is 18.6. The van der Waals surface area contributed by atoms with Crippen LogP contribution in [-0.2, 0) is 16.0 Å². The number of hydrogen-bond acceptors (Lipinski definition) is 4. The van der Waals surface area contributed by atoms with Crippen molar-refractivity contribution in [2.45, 2.75) is 57.7 Å². The lowest BCUT2D eigenvalue weighted by atomic mass is 9.84. The SMILES string of the molecule is Cc1nn(-c2ccc(F)cc2)c(C)c1CN[C@@H]1CCOC2(CCOCC2)C1. The van der Waals surface area contributed by atoms with Crippen LogP contribution in [0.15, 0.2) is 24.3 Å². The quantitative estimate of drug-likeness (QED) is 0.892. The van der Waals surface area contributed by atoms with E-state index in [1.807, 2.05) is 11.6 Å². The minimum absolute atomic E-state index is 0.00342. The van der Waals surface area contributed by atoms with Crippen LogP contribution >= 0.6 is 0 Å². The van der Waals surface area contributed by atoms with Crippen molar-refractivity contribution in [1.82, 2.24) is 15.1 Å². The third-order valence-corrected chi connectivity index (χ3v) is 5.98. The van der Waals surface area contributed by atoms with Gasteiger partial charge in [0.05, 0.1) is 17.0 Å². The molecule has 1 aromatic heterocycles. The molecule has 2 aromatic rings. The summed E-state index contributed by atoms with van der Waals surface area (Å²) < 4.78 is 26.8. The van der Waals surface area contributed by atoms with Crippen LogP contribution in [0.1, 0.15) is 42.6 Å². The fraction of sp³-hybridized carbons (Fsp3) is 0.571. The molecule has 0 unspecified atom stereocenters. The van der Waals surface area contributed by atoms with Crippen LogP contribution in [0.2, 0.25) is 0 Å². The van der Waals surface area contributed by atoms with E-state index in [-0.39, 0.29) is 11.4 Å². The lowest BCUT2D eigenvalue weighted by molar-refractivity contribution is -0.140. The van der Waals surface area contributed by atoms with Gasteiger partial charge in [-0.05, 0) is 63.8 Å². The normalized spacial score (nSPS) is 22.3. The highest BCUT2D eigenvalue weighted by molar-refractivity contribution is 5.37. The Labute approximate surface area is 159 Å². The summed E-state index contributed by atoms with van der Waals surface area (Å²) in [5, 5.41) is 8.40. The van der Waals surface area contributed by atoms with E-state index in [1.165, 1.54) is 17.7 Å². The minimum atomic E-state index is -0.233. The summed E-state index contributed by atoms with van der Waals surface area (Å²) in [5.41, 5.74) is 4.20. The van der Waals surface area contributed by atoms with Gasteiger partial charge in [0, 0.05) is 43.7 Å². The Bertz CT molecular complexity index is 776. The molecular formula is C21H28FN3O2. The number of ether oxygens (including phenoxy) is 2. The van der Waals surface area contributed by atoms with Gasteiger partial charge in [0.1, 0.15) is 5.82 Å². The Kier molecular flexibility index (Phi) is 5.30. The molecule has 2 aliphatic rings. The Morgan fingerprint density at radius 2 is 1.93 bits per heavy atom. The van der Waals surface area contributed by atoms with Gasteiger partial charge < -0.3 is 14.8 Å². The zero-order valence-corrected chi connectivity index (χ0v) is 16.1. The first-order valence-electron chi connectivity index (χ1n) is 9.82. The molecule has 2 aliphatic heterocycles. The standard InChI is InChI=1S/C21H28FN3O2/c1-15-20(16(2)25(24-15)19-5-3-17(22)4-6-19)14-23-18-7-10-27-21(13-18)8-11-26-12-9-21/h3-6,18,23H,7-14H2,1-2H3/t18-/m1/s1. The van der Waals surface area contributed by atoms with Crippen molar-refractivity contribution in [2.75, 3.05) is 19.8 Å². The molecule has 1 spiro atoms. The number of benzene rings is 1. The summed E-state index contributed by atoms with van der Waals surface area (Å²) in [6, 6.07) is 6.92. The monoisotopic (exact) mass is 373 g/mol. The van der Waals surface area contributed by atoms with Gasteiger partial charge in [-0.2, -0.15) is 5.10 Å². The van der Waals surface area contributed by atoms with Crippen molar-refractivity contribution in [3.05, 3.63) is 47.0 Å². The lowest BCUT2D eigenvalue weighted by Crippen LogP contribution is -2.49. The lowest BCUT2D eigenvalue weighted by Gasteiger charge is -2.43. The highest BCUT2D eigenvalue weighted by Crippen LogP contribution is 2.34. The van der Waals surface area contributed by atoms with Crippen LogP contribution in [-0.4, -0.2) is 41.2 Å². The van der Waals surface area contributed by atoms with E-state index in [1.54, 1.807) is 12.1 Å². The molecule has 0 aliphatic carbocycles. The van der Waals surface area contributed by atoms with Crippen molar-refractivity contribution in [3.63, 3.8) is 0 Å². The van der Waals surface area contributed by atoms with Gasteiger partial charge >= 0.3 is 0 Å². The van der Waals surface area contributed by atoms with Gasteiger partial charge in [-0.15, -0.1) is 0 Å². The zero-order valence-electron chi connectivity index (χ0n) is 16.1. The predicted octanol–water partition coefficient (Wildman–Crippen LogP) is 3.45. The molecule has 0 radical (unpaired) electrons. The number of nitrogens with zero attached hydrogens (tertiary/aromatic N) is 2. The van der Waals surface area contributed by atoms with Gasteiger partial charge in [-0.1, -0.05) is 0 Å². The van der Waals surface area contributed by atoms with Gasteiger partial charge in [0.2, 0.25) is 0 Å². The van der Waals surface area contributed by atoms with Crippen LogP contribution in [0.25, 0.3) is 5.69 Å². The van der Waals surface area contributed by atoms with Gasteiger partial charge in [-0.3, -0.25) is 0 Å². The first-order chi connectivity index (χ1) is 13.1. The average Bonchev–Trinajstić information content (AvgIpc) is 2.95. The van der Waals surface area contributed by atoms with Crippen molar-refractivity contribution in [1.29, 1.82) is 0 Å². The molecule has 6 heteroatoms. The molecule has 0 amide bonds. The van der Waals surface area contributed by atoms with Crippen LogP contribution in [0.4, 0.5) is 4.39 Å². The molecule has 1 N–H and O–H groups in total. The molecule has 0 bridgehead atoms. The van der Waals surface area contributed by atoms with E-state index < -0.39 is 0 Å². The Hall–Kier alpha value is -1.76.